The summed E-state index contributed by atoms with van der Waals surface area (Å²) in [6, 6.07) is 8.00. The number of hydrogen-bond donors (Lipinski definition) is 0. The second-order valence-electron chi connectivity index (χ2n) is 4.57. The van der Waals surface area contributed by atoms with Crippen LogP contribution in [0, 0.1) is 6.92 Å². The molecule has 1 aromatic carbocycles. The maximum absolute atomic E-state index is 6.26. The van der Waals surface area contributed by atoms with Crippen LogP contribution in [0.4, 0.5) is 0 Å². The summed E-state index contributed by atoms with van der Waals surface area (Å²) in [6.45, 7) is 4.16. The van der Waals surface area contributed by atoms with E-state index in [9.17, 15) is 0 Å². The van der Waals surface area contributed by atoms with Crippen LogP contribution in [0.25, 0.3) is 11.1 Å². The largest absolute Gasteiger partial charge is 0.220 e. The Morgan fingerprint density at radius 3 is 2.37 bits per heavy atom. The van der Waals surface area contributed by atoms with E-state index in [1.165, 1.54) is 0 Å². The molecule has 0 aliphatic heterocycles. The Bertz CT molecular complexity index is 559. The van der Waals surface area contributed by atoms with Crippen LogP contribution in [0.15, 0.2) is 24.3 Å². The lowest BCUT2D eigenvalue weighted by atomic mass is 10.1. The van der Waals surface area contributed by atoms with Gasteiger partial charge < -0.3 is 0 Å². The first-order valence-corrected chi connectivity index (χ1v) is 7.16. The number of halogens is 2. The minimum Gasteiger partial charge on any atom is -0.220 e. The van der Waals surface area contributed by atoms with Crippen LogP contribution >= 0.6 is 23.2 Å². The molecule has 0 bridgehead atoms. The van der Waals surface area contributed by atoms with Crippen molar-refractivity contribution in [2.24, 2.45) is 0 Å². The monoisotopic (exact) mass is 294 g/mol. The highest BCUT2D eigenvalue weighted by atomic mass is 35.5. The normalized spacial score (nSPS) is 10.7. The third kappa shape index (κ3) is 3.46. The molecule has 2 aromatic rings. The predicted molar refractivity (Wildman–Crippen MR) is 80.8 cm³/mol. The highest BCUT2D eigenvalue weighted by Gasteiger charge is 2.13. The van der Waals surface area contributed by atoms with Crippen LogP contribution in [0.1, 0.15) is 31.2 Å². The van der Waals surface area contributed by atoms with Crippen molar-refractivity contribution in [1.82, 2.24) is 9.97 Å². The van der Waals surface area contributed by atoms with Gasteiger partial charge in [0.05, 0.1) is 5.56 Å². The fourth-order valence-corrected chi connectivity index (χ4v) is 2.57. The number of hydrogen-bond acceptors (Lipinski definition) is 2. The molecule has 1 aromatic heterocycles. The quantitative estimate of drug-likeness (QED) is 0.733. The lowest BCUT2D eigenvalue weighted by molar-refractivity contribution is 0.753. The van der Waals surface area contributed by atoms with Crippen LogP contribution in [0.5, 0.6) is 0 Å². The van der Waals surface area contributed by atoms with Crippen LogP contribution in [0.2, 0.25) is 10.3 Å². The highest BCUT2D eigenvalue weighted by molar-refractivity contribution is 6.37. The molecule has 1 heterocycles. The first-order chi connectivity index (χ1) is 9.11. The van der Waals surface area contributed by atoms with Gasteiger partial charge in [-0.1, -0.05) is 66.4 Å². The molecule has 0 aliphatic carbocycles. The van der Waals surface area contributed by atoms with E-state index in [4.69, 9.17) is 23.2 Å². The molecule has 0 unspecified atom stereocenters. The maximum Gasteiger partial charge on any atom is 0.142 e. The summed E-state index contributed by atoms with van der Waals surface area (Å²) in [5.41, 5.74) is 2.82. The summed E-state index contributed by atoms with van der Waals surface area (Å²) in [7, 11) is 0. The number of benzene rings is 1. The topological polar surface area (TPSA) is 25.8 Å². The zero-order valence-electron chi connectivity index (χ0n) is 11.1. The Morgan fingerprint density at radius 2 is 1.79 bits per heavy atom. The first kappa shape index (κ1) is 14.3. The Hall–Kier alpha value is -1.12. The fraction of sp³-hybridized carbons (Fsp3) is 0.333. The molecule has 4 heteroatoms. The van der Waals surface area contributed by atoms with Gasteiger partial charge in [-0.3, -0.25) is 0 Å². The zero-order chi connectivity index (χ0) is 13.8. The van der Waals surface area contributed by atoms with E-state index in [-0.39, 0.29) is 0 Å². The van der Waals surface area contributed by atoms with Crippen LogP contribution in [0.3, 0.4) is 0 Å². The van der Waals surface area contributed by atoms with Crippen molar-refractivity contribution in [1.29, 1.82) is 0 Å². The van der Waals surface area contributed by atoms with Gasteiger partial charge in [-0.05, 0) is 18.9 Å². The Kier molecular flexibility index (Phi) is 4.78. The molecule has 0 aliphatic rings. The van der Waals surface area contributed by atoms with Crippen molar-refractivity contribution >= 4 is 23.2 Å². The summed E-state index contributed by atoms with van der Waals surface area (Å²) < 4.78 is 0. The second-order valence-corrected chi connectivity index (χ2v) is 5.29. The number of nitrogens with zero attached hydrogens (tertiary/aromatic N) is 2. The third-order valence-corrected chi connectivity index (χ3v) is 3.47. The summed E-state index contributed by atoms with van der Waals surface area (Å²) in [5.74, 6) is 0.716. The van der Waals surface area contributed by atoms with Gasteiger partial charge in [-0.2, -0.15) is 0 Å². The smallest absolute Gasteiger partial charge is 0.142 e. The molecule has 2 nitrogen and oxygen atoms in total. The average Bonchev–Trinajstić information content (AvgIpc) is 2.35. The molecular formula is C15H16Cl2N2. The van der Waals surface area contributed by atoms with Gasteiger partial charge in [-0.25, -0.2) is 9.97 Å². The van der Waals surface area contributed by atoms with E-state index < -0.39 is 0 Å². The summed E-state index contributed by atoms with van der Waals surface area (Å²) in [6.07, 6.45) is 2.94. The van der Waals surface area contributed by atoms with Gasteiger partial charge in [0, 0.05) is 6.42 Å². The van der Waals surface area contributed by atoms with E-state index in [1.807, 2.05) is 31.2 Å². The summed E-state index contributed by atoms with van der Waals surface area (Å²) >= 11 is 12.5. The minimum absolute atomic E-state index is 0.428. The van der Waals surface area contributed by atoms with Crippen molar-refractivity contribution in [3.63, 3.8) is 0 Å². The molecule has 0 N–H and O–H groups in total. The lowest BCUT2D eigenvalue weighted by Crippen LogP contribution is -1.98. The fourth-order valence-electron chi connectivity index (χ4n) is 1.93. The molecule has 0 saturated heterocycles. The summed E-state index contributed by atoms with van der Waals surface area (Å²) in [4.78, 5) is 8.69. The molecule has 0 amide bonds. The maximum atomic E-state index is 6.26. The standard InChI is InChI=1S/C15H16Cl2N2/c1-3-4-8-12-18-14(16)13(15(17)19-12)11-7-5-6-10(2)9-11/h5-7,9H,3-4,8H2,1-2H3. The second kappa shape index (κ2) is 6.36. The van der Waals surface area contributed by atoms with Crippen molar-refractivity contribution < 1.29 is 0 Å². The number of aromatic nitrogens is 2. The van der Waals surface area contributed by atoms with Crippen LogP contribution < -0.4 is 0 Å². The van der Waals surface area contributed by atoms with E-state index in [0.717, 1.165) is 30.4 Å². The van der Waals surface area contributed by atoms with Gasteiger partial charge in [0.15, 0.2) is 0 Å². The minimum atomic E-state index is 0.428. The van der Waals surface area contributed by atoms with E-state index in [0.29, 0.717) is 21.7 Å². The van der Waals surface area contributed by atoms with Crippen molar-refractivity contribution in [3.8, 4) is 11.1 Å². The zero-order valence-corrected chi connectivity index (χ0v) is 12.6. The van der Waals surface area contributed by atoms with Gasteiger partial charge >= 0.3 is 0 Å². The summed E-state index contributed by atoms with van der Waals surface area (Å²) in [5, 5.41) is 0.855. The van der Waals surface area contributed by atoms with E-state index in [2.05, 4.69) is 16.9 Å². The van der Waals surface area contributed by atoms with Crippen LogP contribution in [-0.2, 0) is 6.42 Å². The molecule has 100 valence electrons. The van der Waals surface area contributed by atoms with Gasteiger partial charge in [0.1, 0.15) is 16.1 Å². The third-order valence-electron chi connectivity index (χ3n) is 2.93. The van der Waals surface area contributed by atoms with Crippen molar-refractivity contribution in [2.45, 2.75) is 33.1 Å². The Labute approximate surface area is 123 Å². The average molecular weight is 295 g/mol. The van der Waals surface area contributed by atoms with E-state index >= 15 is 0 Å². The predicted octanol–water partition coefficient (Wildman–Crippen LogP) is 5.10. The molecule has 0 saturated carbocycles. The molecule has 19 heavy (non-hydrogen) atoms. The first-order valence-electron chi connectivity index (χ1n) is 6.40. The number of rotatable bonds is 4. The van der Waals surface area contributed by atoms with Crippen molar-refractivity contribution in [3.05, 3.63) is 46.0 Å². The highest BCUT2D eigenvalue weighted by Crippen LogP contribution is 2.32. The lowest BCUT2D eigenvalue weighted by Gasteiger charge is -2.09. The van der Waals surface area contributed by atoms with Gasteiger partial charge in [0.25, 0.3) is 0 Å². The van der Waals surface area contributed by atoms with Crippen molar-refractivity contribution in [2.75, 3.05) is 0 Å². The Balaban J connectivity index is 2.42. The Morgan fingerprint density at radius 1 is 1.11 bits per heavy atom. The van der Waals surface area contributed by atoms with Crippen LogP contribution in [-0.4, -0.2) is 9.97 Å². The van der Waals surface area contributed by atoms with E-state index in [1.54, 1.807) is 0 Å². The molecule has 0 atom stereocenters. The SMILES string of the molecule is CCCCc1nc(Cl)c(-c2cccc(C)c2)c(Cl)n1. The molecule has 0 spiro atoms. The molecule has 0 radical (unpaired) electrons. The molecular weight excluding hydrogens is 279 g/mol. The van der Waals surface area contributed by atoms with Gasteiger partial charge in [-0.15, -0.1) is 0 Å². The molecule has 0 fully saturated rings. The number of aryl methyl sites for hydroxylation is 2. The molecule has 2 rings (SSSR count). The van der Waals surface area contributed by atoms with Gasteiger partial charge in [0.2, 0.25) is 0 Å². The number of unbranched alkanes of at least 4 members (excludes halogenated alkanes) is 1.